The predicted octanol–water partition coefficient (Wildman–Crippen LogP) is 2.12. The molecule has 134 valence electrons. The van der Waals surface area contributed by atoms with E-state index >= 15 is 0 Å². The van der Waals surface area contributed by atoms with Gasteiger partial charge in [0.2, 0.25) is 0 Å². The van der Waals surface area contributed by atoms with Crippen LogP contribution >= 0.6 is 0 Å². The highest BCUT2D eigenvalue weighted by Crippen LogP contribution is 2.30. The van der Waals surface area contributed by atoms with Crippen LogP contribution in [0.25, 0.3) is 0 Å². The summed E-state index contributed by atoms with van der Waals surface area (Å²) in [5.41, 5.74) is 2.09. The molecular weight excluding hydrogens is 328 g/mol. The molecule has 26 heavy (non-hydrogen) atoms. The van der Waals surface area contributed by atoms with Crippen molar-refractivity contribution in [2.24, 2.45) is 7.05 Å². The van der Waals surface area contributed by atoms with Gasteiger partial charge >= 0.3 is 0 Å². The van der Waals surface area contributed by atoms with Crippen molar-refractivity contribution >= 4 is 11.6 Å². The molecule has 3 aromatic rings. The molecule has 1 aliphatic heterocycles. The van der Waals surface area contributed by atoms with E-state index in [0.717, 1.165) is 49.7 Å². The first kappa shape index (κ1) is 16.6. The second-order valence-corrected chi connectivity index (χ2v) is 6.61. The van der Waals surface area contributed by atoms with Crippen LogP contribution in [0.3, 0.4) is 0 Å². The second-order valence-electron chi connectivity index (χ2n) is 6.61. The maximum Gasteiger partial charge on any atom is 0.153 e. The molecular formula is C18H22N8. The van der Waals surface area contributed by atoms with Gasteiger partial charge in [0.1, 0.15) is 5.82 Å². The normalized spacial score (nSPS) is 18.0. The van der Waals surface area contributed by atoms with Crippen molar-refractivity contribution in [1.82, 2.24) is 34.4 Å². The standard InChI is InChI=1S/C18H22N8/c1-25-11-15(23-13-25)12-26-8-2-3-14(10-26)17-18(22-7-6-21-17)24-16-9-19-4-5-20-16/h4-7,9,11,13-14H,2-3,8,10,12H2,1H3,(H,20,22,24)/t14-/m1/s1. The van der Waals surface area contributed by atoms with Crippen LogP contribution < -0.4 is 5.32 Å². The van der Waals surface area contributed by atoms with Gasteiger partial charge in [-0.1, -0.05) is 0 Å². The largest absolute Gasteiger partial charge is 0.340 e. The first-order chi connectivity index (χ1) is 12.8. The fraction of sp³-hybridized carbons (Fsp3) is 0.389. The molecule has 1 atom stereocenters. The second kappa shape index (κ2) is 7.57. The van der Waals surface area contributed by atoms with Gasteiger partial charge in [-0.05, 0) is 19.4 Å². The van der Waals surface area contributed by atoms with Gasteiger partial charge in [0.25, 0.3) is 0 Å². The summed E-state index contributed by atoms with van der Waals surface area (Å²) in [6, 6.07) is 0. The zero-order valence-electron chi connectivity index (χ0n) is 14.8. The smallest absolute Gasteiger partial charge is 0.153 e. The van der Waals surface area contributed by atoms with Gasteiger partial charge in [-0.2, -0.15) is 0 Å². The highest BCUT2D eigenvalue weighted by molar-refractivity contribution is 5.53. The van der Waals surface area contributed by atoms with Gasteiger partial charge in [-0.25, -0.2) is 15.0 Å². The first-order valence-electron chi connectivity index (χ1n) is 8.81. The topological polar surface area (TPSA) is 84.7 Å². The van der Waals surface area contributed by atoms with E-state index in [1.165, 1.54) is 0 Å². The first-order valence-corrected chi connectivity index (χ1v) is 8.81. The van der Waals surface area contributed by atoms with Crippen LogP contribution in [-0.2, 0) is 13.6 Å². The van der Waals surface area contributed by atoms with E-state index in [1.807, 2.05) is 17.9 Å². The molecule has 0 radical (unpaired) electrons. The molecule has 0 amide bonds. The van der Waals surface area contributed by atoms with Crippen molar-refractivity contribution in [3.8, 4) is 0 Å². The number of piperidine rings is 1. The summed E-state index contributed by atoms with van der Waals surface area (Å²) in [6.45, 7) is 2.90. The number of imidazole rings is 1. The SMILES string of the molecule is Cn1cnc(CN2CCC[C@@H](c3nccnc3Nc3cnccn3)C2)c1. The van der Waals surface area contributed by atoms with Crippen LogP contribution in [0.15, 0.2) is 43.5 Å². The Labute approximate surface area is 152 Å². The van der Waals surface area contributed by atoms with Crippen molar-refractivity contribution in [2.75, 3.05) is 18.4 Å². The number of likely N-dealkylation sites (tertiary alicyclic amines) is 1. The molecule has 0 aliphatic carbocycles. The van der Waals surface area contributed by atoms with Gasteiger partial charge < -0.3 is 9.88 Å². The molecule has 0 spiro atoms. The van der Waals surface area contributed by atoms with Crippen LogP contribution in [0.2, 0.25) is 0 Å². The molecule has 0 bridgehead atoms. The summed E-state index contributed by atoms with van der Waals surface area (Å²) in [4.78, 5) is 24.4. The Morgan fingerprint density at radius 3 is 2.81 bits per heavy atom. The molecule has 0 unspecified atom stereocenters. The lowest BCUT2D eigenvalue weighted by molar-refractivity contribution is 0.197. The van der Waals surface area contributed by atoms with Gasteiger partial charge in [0, 0.05) is 57.0 Å². The Morgan fingerprint density at radius 2 is 2.00 bits per heavy atom. The number of hydrogen-bond donors (Lipinski definition) is 1. The number of hydrogen-bond acceptors (Lipinski definition) is 7. The average Bonchev–Trinajstić information content (AvgIpc) is 3.08. The summed E-state index contributed by atoms with van der Waals surface area (Å²) in [6.07, 6.45) is 14.6. The molecule has 8 nitrogen and oxygen atoms in total. The number of rotatable bonds is 5. The molecule has 1 fully saturated rings. The average molecular weight is 350 g/mol. The molecule has 0 aromatic carbocycles. The number of nitrogens with zero attached hydrogens (tertiary/aromatic N) is 7. The zero-order chi connectivity index (χ0) is 17.8. The molecule has 3 aromatic heterocycles. The van der Waals surface area contributed by atoms with Gasteiger partial charge in [0.15, 0.2) is 5.82 Å². The van der Waals surface area contributed by atoms with Crippen molar-refractivity contribution in [1.29, 1.82) is 0 Å². The molecule has 8 heteroatoms. The predicted molar refractivity (Wildman–Crippen MR) is 97.8 cm³/mol. The number of nitrogens with one attached hydrogen (secondary N) is 1. The maximum absolute atomic E-state index is 4.62. The lowest BCUT2D eigenvalue weighted by Gasteiger charge is -2.32. The quantitative estimate of drug-likeness (QED) is 0.754. The molecule has 1 saturated heterocycles. The van der Waals surface area contributed by atoms with Gasteiger partial charge in [0.05, 0.1) is 23.9 Å². The summed E-state index contributed by atoms with van der Waals surface area (Å²) in [5, 5.41) is 3.26. The Balaban J connectivity index is 1.49. The van der Waals surface area contributed by atoms with Crippen LogP contribution in [0, 0.1) is 0 Å². The Morgan fingerprint density at radius 1 is 1.12 bits per heavy atom. The van der Waals surface area contributed by atoms with Crippen molar-refractivity contribution in [3.05, 3.63) is 54.9 Å². The van der Waals surface area contributed by atoms with E-state index in [9.17, 15) is 0 Å². The Bertz CT molecular complexity index is 847. The molecule has 4 rings (SSSR count). The Hall–Kier alpha value is -2.87. The minimum absolute atomic E-state index is 0.334. The molecule has 1 aliphatic rings. The minimum atomic E-state index is 0.334. The van der Waals surface area contributed by atoms with Gasteiger partial charge in [-0.3, -0.25) is 14.9 Å². The molecule has 1 N–H and O–H groups in total. The number of aromatic nitrogens is 6. The van der Waals surface area contributed by atoms with Crippen molar-refractivity contribution in [2.45, 2.75) is 25.3 Å². The van der Waals surface area contributed by atoms with E-state index in [1.54, 1.807) is 31.0 Å². The summed E-state index contributed by atoms with van der Waals surface area (Å²) >= 11 is 0. The number of anilines is 2. The van der Waals surface area contributed by atoms with E-state index in [0.29, 0.717) is 11.7 Å². The van der Waals surface area contributed by atoms with Crippen LogP contribution in [0.4, 0.5) is 11.6 Å². The fourth-order valence-corrected chi connectivity index (χ4v) is 3.43. The lowest BCUT2D eigenvalue weighted by atomic mass is 9.94. The maximum atomic E-state index is 4.62. The number of aryl methyl sites for hydroxylation is 1. The highest BCUT2D eigenvalue weighted by Gasteiger charge is 2.25. The highest BCUT2D eigenvalue weighted by atomic mass is 15.2. The molecule has 0 saturated carbocycles. The zero-order valence-corrected chi connectivity index (χ0v) is 14.8. The fourth-order valence-electron chi connectivity index (χ4n) is 3.43. The van der Waals surface area contributed by atoms with E-state index in [4.69, 9.17) is 0 Å². The van der Waals surface area contributed by atoms with Crippen molar-refractivity contribution < 1.29 is 0 Å². The van der Waals surface area contributed by atoms with E-state index in [2.05, 4.69) is 41.3 Å². The van der Waals surface area contributed by atoms with Crippen LogP contribution in [-0.4, -0.2) is 47.5 Å². The van der Waals surface area contributed by atoms with E-state index < -0.39 is 0 Å². The van der Waals surface area contributed by atoms with Crippen LogP contribution in [0.5, 0.6) is 0 Å². The Kier molecular flexibility index (Phi) is 4.83. The summed E-state index contributed by atoms with van der Waals surface area (Å²) < 4.78 is 1.99. The van der Waals surface area contributed by atoms with Gasteiger partial charge in [-0.15, -0.1) is 0 Å². The molecule has 4 heterocycles. The minimum Gasteiger partial charge on any atom is -0.340 e. The summed E-state index contributed by atoms with van der Waals surface area (Å²) in [5.74, 6) is 1.77. The van der Waals surface area contributed by atoms with Crippen molar-refractivity contribution in [3.63, 3.8) is 0 Å². The lowest BCUT2D eigenvalue weighted by Crippen LogP contribution is -2.34. The van der Waals surface area contributed by atoms with E-state index in [-0.39, 0.29) is 0 Å². The third-order valence-electron chi connectivity index (χ3n) is 4.57. The third kappa shape index (κ3) is 3.85. The third-order valence-corrected chi connectivity index (χ3v) is 4.57. The van der Waals surface area contributed by atoms with Crippen LogP contribution in [0.1, 0.15) is 30.1 Å². The summed E-state index contributed by atoms with van der Waals surface area (Å²) in [7, 11) is 2.00. The monoisotopic (exact) mass is 350 g/mol.